The summed E-state index contributed by atoms with van der Waals surface area (Å²) in [6.07, 6.45) is 0.998. The molecule has 0 aliphatic carbocycles. The molecule has 2 aliphatic heterocycles. The molecule has 0 N–H and O–H groups in total. The van der Waals surface area contributed by atoms with Gasteiger partial charge in [-0.1, -0.05) is 13.8 Å². The molecule has 0 spiro atoms. The molecule has 2 heterocycles. The van der Waals surface area contributed by atoms with Crippen molar-refractivity contribution in [1.82, 2.24) is 0 Å². The highest BCUT2D eigenvalue weighted by Crippen LogP contribution is 2.36. The predicted octanol–water partition coefficient (Wildman–Crippen LogP) is 4.28. The van der Waals surface area contributed by atoms with Crippen LogP contribution in [0.4, 0.5) is 17.6 Å². The van der Waals surface area contributed by atoms with Crippen LogP contribution in [-0.2, 0) is 9.47 Å². The molecule has 2 fully saturated rings. The van der Waals surface area contributed by atoms with E-state index in [-0.39, 0.29) is 30.8 Å². The lowest BCUT2D eigenvalue weighted by molar-refractivity contribution is -0.155. The van der Waals surface area contributed by atoms with Crippen molar-refractivity contribution in [1.29, 1.82) is 0 Å². The molecule has 0 bridgehead atoms. The Morgan fingerprint density at radius 3 is 1.90 bits per heavy atom. The minimum absolute atomic E-state index is 0.0471. The number of hydrogen-bond acceptors (Lipinski definition) is 2. The molecule has 21 heavy (non-hydrogen) atoms. The van der Waals surface area contributed by atoms with Gasteiger partial charge < -0.3 is 9.47 Å². The number of halogens is 4. The van der Waals surface area contributed by atoms with Gasteiger partial charge in [-0.2, -0.15) is 0 Å². The van der Waals surface area contributed by atoms with Gasteiger partial charge in [-0.05, 0) is 31.1 Å². The molecule has 4 unspecified atom stereocenters. The third-order valence-corrected chi connectivity index (χ3v) is 4.66. The fraction of sp³-hybridized carbons (Fsp3) is 1.00. The molecule has 124 valence electrons. The van der Waals surface area contributed by atoms with Crippen LogP contribution in [0.2, 0.25) is 0 Å². The first-order valence-electron chi connectivity index (χ1n) is 7.67. The highest BCUT2D eigenvalue weighted by atomic mass is 19.3. The molecule has 2 aliphatic rings. The van der Waals surface area contributed by atoms with Gasteiger partial charge in [0, 0.05) is 12.8 Å². The van der Waals surface area contributed by atoms with Gasteiger partial charge in [0.2, 0.25) is 0 Å². The van der Waals surface area contributed by atoms with E-state index in [1.54, 1.807) is 0 Å². The SMILES string of the molecule is CC(CCC(C)C1CC(F)(F)CO1)C1CCC(F)(F)CO1. The fourth-order valence-electron chi connectivity index (χ4n) is 3.09. The van der Waals surface area contributed by atoms with Gasteiger partial charge >= 0.3 is 0 Å². The van der Waals surface area contributed by atoms with Crippen LogP contribution in [0.5, 0.6) is 0 Å². The maximum Gasteiger partial charge on any atom is 0.273 e. The summed E-state index contributed by atoms with van der Waals surface area (Å²) in [6.45, 7) is 2.90. The van der Waals surface area contributed by atoms with Crippen LogP contribution >= 0.6 is 0 Å². The van der Waals surface area contributed by atoms with E-state index in [0.29, 0.717) is 6.42 Å². The topological polar surface area (TPSA) is 18.5 Å². The van der Waals surface area contributed by atoms with Crippen molar-refractivity contribution in [2.75, 3.05) is 13.2 Å². The molecular formula is C15H24F4O2. The molecule has 0 aromatic heterocycles. The van der Waals surface area contributed by atoms with Crippen LogP contribution in [0, 0.1) is 11.8 Å². The molecular weight excluding hydrogens is 288 g/mol. The Hall–Kier alpha value is -0.360. The van der Waals surface area contributed by atoms with Gasteiger partial charge in [0.25, 0.3) is 11.8 Å². The summed E-state index contributed by atoms with van der Waals surface area (Å²) in [7, 11) is 0. The predicted molar refractivity (Wildman–Crippen MR) is 70.8 cm³/mol. The molecule has 0 saturated carbocycles. The summed E-state index contributed by atoms with van der Waals surface area (Å²) >= 11 is 0. The van der Waals surface area contributed by atoms with Crippen molar-refractivity contribution in [2.24, 2.45) is 11.8 Å². The first-order chi connectivity index (χ1) is 9.69. The minimum Gasteiger partial charge on any atom is -0.372 e. The van der Waals surface area contributed by atoms with Crippen molar-refractivity contribution >= 4 is 0 Å². The van der Waals surface area contributed by atoms with Gasteiger partial charge in [0.05, 0.1) is 12.2 Å². The van der Waals surface area contributed by atoms with Crippen LogP contribution in [0.15, 0.2) is 0 Å². The third kappa shape index (κ3) is 4.81. The van der Waals surface area contributed by atoms with E-state index in [4.69, 9.17) is 9.47 Å². The zero-order chi connectivity index (χ0) is 15.7. The van der Waals surface area contributed by atoms with Crippen molar-refractivity contribution in [3.05, 3.63) is 0 Å². The second-order valence-corrected chi connectivity index (χ2v) is 6.69. The molecule has 0 aromatic carbocycles. The summed E-state index contributed by atoms with van der Waals surface area (Å²) < 4.78 is 62.6. The van der Waals surface area contributed by atoms with E-state index >= 15 is 0 Å². The Morgan fingerprint density at radius 1 is 0.905 bits per heavy atom. The van der Waals surface area contributed by atoms with Gasteiger partial charge in [-0.25, -0.2) is 17.6 Å². The monoisotopic (exact) mass is 312 g/mol. The van der Waals surface area contributed by atoms with Crippen LogP contribution in [0.3, 0.4) is 0 Å². The Labute approximate surface area is 123 Å². The van der Waals surface area contributed by atoms with Gasteiger partial charge in [0.1, 0.15) is 13.2 Å². The molecule has 6 heteroatoms. The van der Waals surface area contributed by atoms with Gasteiger partial charge in [-0.15, -0.1) is 0 Å². The molecule has 0 amide bonds. The molecule has 4 atom stereocenters. The average molecular weight is 312 g/mol. The second kappa shape index (κ2) is 6.41. The van der Waals surface area contributed by atoms with E-state index in [1.165, 1.54) is 0 Å². The maximum atomic E-state index is 13.1. The third-order valence-electron chi connectivity index (χ3n) is 4.66. The molecule has 0 aromatic rings. The molecule has 2 rings (SSSR count). The zero-order valence-corrected chi connectivity index (χ0v) is 12.6. The standard InChI is InChI=1S/C15H24F4O2/c1-10(12-5-6-14(16,17)8-20-12)3-4-11(2)13-7-15(18,19)9-21-13/h10-13H,3-9H2,1-2H3. The van der Waals surface area contributed by atoms with Gasteiger partial charge in [0.15, 0.2) is 0 Å². The summed E-state index contributed by atoms with van der Waals surface area (Å²) in [5.74, 6) is -5.20. The van der Waals surface area contributed by atoms with E-state index in [1.807, 2.05) is 13.8 Å². The Balaban J connectivity index is 1.70. The highest BCUT2D eigenvalue weighted by Gasteiger charge is 2.43. The number of ether oxygens (including phenoxy) is 2. The summed E-state index contributed by atoms with van der Waals surface area (Å²) in [5, 5.41) is 0. The minimum atomic E-state index is -2.71. The molecule has 0 radical (unpaired) electrons. The second-order valence-electron chi connectivity index (χ2n) is 6.69. The first-order valence-corrected chi connectivity index (χ1v) is 7.67. The largest absolute Gasteiger partial charge is 0.372 e. The summed E-state index contributed by atoms with van der Waals surface area (Å²) in [4.78, 5) is 0. The van der Waals surface area contributed by atoms with Crippen molar-refractivity contribution in [3.63, 3.8) is 0 Å². The van der Waals surface area contributed by atoms with Crippen LogP contribution in [-0.4, -0.2) is 37.3 Å². The lowest BCUT2D eigenvalue weighted by atomic mass is 9.87. The average Bonchev–Trinajstić information content (AvgIpc) is 2.76. The Bertz CT molecular complexity index is 339. The summed E-state index contributed by atoms with van der Waals surface area (Å²) in [5.41, 5.74) is 0. The first kappa shape index (κ1) is 17.0. The van der Waals surface area contributed by atoms with Crippen LogP contribution in [0.25, 0.3) is 0 Å². The van der Waals surface area contributed by atoms with E-state index in [9.17, 15) is 17.6 Å². The van der Waals surface area contributed by atoms with E-state index in [2.05, 4.69) is 0 Å². The smallest absolute Gasteiger partial charge is 0.273 e. The van der Waals surface area contributed by atoms with Crippen LogP contribution in [0.1, 0.15) is 46.0 Å². The Morgan fingerprint density at radius 2 is 1.43 bits per heavy atom. The van der Waals surface area contributed by atoms with E-state index < -0.39 is 31.2 Å². The van der Waals surface area contributed by atoms with Crippen molar-refractivity contribution < 1.29 is 27.0 Å². The molecule has 2 saturated heterocycles. The maximum absolute atomic E-state index is 13.1. The number of rotatable bonds is 5. The van der Waals surface area contributed by atoms with Crippen molar-refractivity contribution in [2.45, 2.75) is 70.0 Å². The normalized spacial score (nSPS) is 34.6. The van der Waals surface area contributed by atoms with Crippen molar-refractivity contribution in [3.8, 4) is 0 Å². The number of hydrogen-bond donors (Lipinski definition) is 0. The lowest BCUT2D eigenvalue weighted by Crippen LogP contribution is -2.37. The Kier molecular flexibility index (Phi) is 5.19. The van der Waals surface area contributed by atoms with E-state index in [0.717, 1.165) is 12.8 Å². The quantitative estimate of drug-likeness (QED) is 0.706. The van der Waals surface area contributed by atoms with Crippen LogP contribution < -0.4 is 0 Å². The highest BCUT2D eigenvalue weighted by molar-refractivity contribution is 4.84. The molecule has 2 nitrogen and oxygen atoms in total. The lowest BCUT2D eigenvalue weighted by Gasteiger charge is -2.33. The van der Waals surface area contributed by atoms with Gasteiger partial charge in [-0.3, -0.25) is 0 Å². The zero-order valence-electron chi connectivity index (χ0n) is 12.6. The number of alkyl halides is 4. The summed E-state index contributed by atoms with van der Waals surface area (Å²) in [6, 6.07) is 0. The fourth-order valence-corrected chi connectivity index (χ4v) is 3.09.